The van der Waals surface area contributed by atoms with Crippen LogP contribution in [0.15, 0.2) is 18.2 Å². The fourth-order valence-corrected chi connectivity index (χ4v) is 2.80. The van der Waals surface area contributed by atoms with Gasteiger partial charge in [0.15, 0.2) is 11.5 Å². The van der Waals surface area contributed by atoms with Crippen LogP contribution in [0.5, 0.6) is 11.5 Å². The topological polar surface area (TPSA) is 42.2 Å². The molecule has 1 heterocycles. The van der Waals surface area contributed by atoms with Gasteiger partial charge in [-0.2, -0.15) is 5.26 Å². The lowest BCUT2D eigenvalue weighted by molar-refractivity contribution is 0.173. The van der Waals surface area contributed by atoms with Crippen LogP contribution in [0.4, 0.5) is 0 Å². The molecule has 0 saturated heterocycles. The normalized spacial score (nSPS) is 29.5. The summed E-state index contributed by atoms with van der Waals surface area (Å²) >= 11 is 0. The Labute approximate surface area is 101 Å². The second-order valence-corrected chi connectivity index (χ2v) is 4.94. The average molecular weight is 229 g/mol. The van der Waals surface area contributed by atoms with E-state index < -0.39 is 0 Å². The van der Waals surface area contributed by atoms with E-state index in [-0.39, 0.29) is 12.2 Å². The van der Waals surface area contributed by atoms with Crippen LogP contribution in [0.3, 0.4) is 0 Å². The molecule has 1 fully saturated rings. The molecule has 0 radical (unpaired) electrons. The summed E-state index contributed by atoms with van der Waals surface area (Å²) in [5.41, 5.74) is 0.788. The number of hydrogen-bond donors (Lipinski definition) is 0. The van der Waals surface area contributed by atoms with Crippen LogP contribution in [0, 0.1) is 17.2 Å². The summed E-state index contributed by atoms with van der Waals surface area (Å²) in [6, 6.07) is 8.38. The molecule has 1 aromatic carbocycles. The van der Waals surface area contributed by atoms with Gasteiger partial charge in [0.2, 0.25) is 6.79 Å². The van der Waals surface area contributed by atoms with E-state index in [1.54, 1.807) is 0 Å². The van der Waals surface area contributed by atoms with E-state index in [2.05, 4.69) is 13.0 Å². The molecule has 0 spiro atoms. The number of fused-ring (bicyclic) bond motifs is 1. The first-order valence-electron chi connectivity index (χ1n) is 6.09. The second-order valence-electron chi connectivity index (χ2n) is 4.94. The van der Waals surface area contributed by atoms with Crippen LogP contribution >= 0.6 is 0 Å². The summed E-state index contributed by atoms with van der Waals surface area (Å²) in [7, 11) is 0. The van der Waals surface area contributed by atoms with Gasteiger partial charge in [0.05, 0.1) is 11.5 Å². The molecule has 0 N–H and O–H groups in total. The van der Waals surface area contributed by atoms with Gasteiger partial charge < -0.3 is 9.47 Å². The molecule has 3 nitrogen and oxygen atoms in total. The molecular weight excluding hydrogens is 214 g/mol. The van der Waals surface area contributed by atoms with Crippen LogP contribution < -0.4 is 9.47 Å². The van der Waals surface area contributed by atoms with Crippen LogP contribution in [-0.4, -0.2) is 6.79 Å². The number of rotatable bonds is 2. The summed E-state index contributed by atoms with van der Waals surface area (Å²) in [6.07, 6.45) is 3.10. The Balaban J connectivity index is 1.92. The van der Waals surface area contributed by atoms with Gasteiger partial charge in [0.25, 0.3) is 0 Å². The standard InChI is InChI=1S/C14H15NO2/c1-2-10-6-14(7-10,8-15)11-3-4-12-13(5-11)17-9-16-12/h3-5,10H,2,6-7,9H2,1H3. The Morgan fingerprint density at radius 3 is 2.82 bits per heavy atom. The summed E-state index contributed by atoms with van der Waals surface area (Å²) in [5, 5.41) is 9.43. The van der Waals surface area contributed by atoms with Crippen molar-refractivity contribution in [3.63, 3.8) is 0 Å². The molecule has 1 aromatic rings. The maximum absolute atomic E-state index is 9.43. The van der Waals surface area contributed by atoms with Crippen LogP contribution in [-0.2, 0) is 5.41 Å². The van der Waals surface area contributed by atoms with Crippen molar-refractivity contribution >= 4 is 0 Å². The second kappa shape index (κ2) is 3.66. The van der Waals surface area contributed by atoms with E-state index in [0.717, 1.165) is 36.3 Å². The third-order valence-corrected chi connectivity index (χ3v) is 3.99. The highest BCUT2D eigenvalue weighted by atomic mass is 16.7. The van der Waals surface area contributed by atoms with Gasteiger partial charge in [0.1, 0.15) is 0 Å². The first-order valence-corrected chi connectivity index (χ1v) is 6.09. The Morgan fingerprint density at radius 2 is 2.12 bits per heavy atom. The Hall–Kier alpha value is -1.69. The molecule has 3 heteroatoms. The zero-order valence-electron chi connectivity index (χ0n) is 9.90. The van der Waals surface area contributed by atoms with E-state index in [1.807, 2.05) is 18.2 Å². The SMILES string of the molecule is CCC1CC(C#N)(c2ccc3c(c2)OCO3)C1. The summed E-state index contributed by atoms with van der Waals surface area (Å²) in [6.45, 7) is 2.47. The van der Waals surface area contributed by atoms with E-state index >= 15 is 0 Å². The number of hydrogen-bond acceptors (Lipinski definition) is 3. The Morgan fingerprint density at radius 1 is 1.35 bits per heavy atom. The fraction of sp³-hybridized carbons (Fsp3) is 0.500. The van der Waals surface area contributed by atoms with Crippen LogP contribution in [0.2, 0.25) is 0 Å². The van der Waals surface area contributed by atoms with E-state index in [1.165, 1.54) is 0 Å². The number of nitrogens with zero attached hydrogens (tertiary/aromatic N) is 1. The molecule has 1 saturated carbocycles. The summed E-state index contributed by atoms with van der Waals surface area (Å²) < 4.78 is 10.7. The average Bonchev–Trinajstić information content (AvgIpc) is 2.76. The first kappa shape index (κ1) is 10.5. The van der Waals surface area contributed by atoms with Crippen molar-refractivity contribution in [2.75, 3.05) is 6.79 Å². The van der Waals surface area contributed by atoms with Crippen molar-refractivity contribution in [3.05, 3.63) is 23.8 Å². The van der Waals surface area contributed by atoms with E-state index in [0.29, 0.717) is 5.92 Å². The third kappa shape index (κ3) is 1.48. The highest BCUT2D eigenvalue weighted by Crippen LogP contribution is 2.50. The predicted octanol–water partition coefficient (Wildman–Crippen LogP) is 3.00. The smallest absolute Gasteiger partial charge is 0.231 e. The molecule has 17 heavy (non-hydrogen) atoms. The number of benzene rings is 1. The zero-order chi connectivity index (χ0) is 11.9. The molecule has 1 aliphatic heterocycles. The maximum atomic E-state index is 9.43. The first-order chi connectivity index (χ1) is 8.27. The molecule has 88 valence electrons. The minimum atomic E-state index is -0.290. The van der Waals surface area contributed by atoms with Crippen molar-refractivity contribution in [1.82, 2.24) is 0 Å². The van der Waals surface area contributed by atoms with Crippen LogP contribution in [0.25, 0.3) is 0 Å². The monoisotopic (exact) mass is 229 g/mol. The maximum Gasteiger partial charge on any atom is 0.231 e. The van der Waals surface area contributed by atoms with E-state index in [4.69, 9.17) is 9.47 Å². The summed E-state index contributed by atoms with van der Waals surface area (Å²) in [5.74, 6) is 2.25. The third-order valence-electron chi connectivity index (χ3n) is 3.99. The van der Waals surface area contributed by atoms with Gasteiger partial charge in [-0.1, -0.05) is 19.4 Å². The largest absolute Gasteiger partial charge is 0.454 e. The molecule has 0 bridgehead atoms. The van der Waals surface area contributed by atoms with Gasteiger partial charge in [-0.05, 0) is 36.5 Å². The van der Waals surface area contributed by atoms with Crippen molar-refractivity contribution in [2.24, 2.45) is 5.92 Å². The van der Waals surface area contributed by atoms with Crippen molar-refractivity contribution in [2.45, 2.75) is 31.6 Å². The number of nitriles is 1. The molecule has 2 aliphatic rings. The van der Waals surface area contributed by atoms with Crippen molar-refractivity contribution < 1.29 is 9.47 Å². The molecule has 3 rings (SSSR count). The molecule has 0 aromatic heterocycles. The minimum absolute atomic E-state index is 0.288. The zero-order valence-corrected chi connectivity index (χ0v) is 9.90. The summed E-state index contributed by atoms with van der Waals surface area (Å²) in [4.78, 5) is 0. The van der Waals surface area contributed by atoms with E-state index in [9.17, 15) is 5.26 Å². The minimum Gasteiger partial charge on any atom is -0.454 e. The molecule has 0 unspecified atom stereocenters. The Bertz CT molecular complexity index is 483. The number of ether oxygens (including phenoxy) is 2. The van der Waals surface area contributed by atoms with Gasteiger partial charge >= 0.3 is 0 Å². The highest BCUT2D eigenvalue weighted by Gasteiger charge is 2.45. The molecular formula is C14H15NO2. The van der Waals surface area contributed by atoms with Gasteiger partial charge in [0, 0.05) is 0 Å². The van der Waals surface area contributed by atoms with Gasteiger partial charge in [-0.15, -0.1) is 0 Å². The highest BCUT2D eigenvalue weighted by molar-refractivity contribution is 5.49. The lowest BCUT2D eigenvalue weighted by Crippen LogP contribution is -2.39. The predicted molar refractivity (Wildman–Crippen MR) is 62.9 cm³/mol. The lowest BCUT2D eigenvalue weighted by Gasteiger charge is -2.42. The lowest BCUT2D eigenvalue weighted by atomic mass is 9.59. The van der Waals surface area contributed by atoms with Crippen molar-refractivity contribution in [3.8, 4) is 17.6 Å². The van der Waals surface area contributed by atoms with Gasteiger partial charge in [-0.3, -0.25) is 0 Å². The molecule has 1 aliphatic carbocycles. The van der Waals surface area contributed by atoms with Crippen molar-refractivity contribution in [1.29, 1.82) is 5.26 Å². The Kier molecular flexibility index (Phi) is 2.25. The van der Waals surface area contributed by atoms with Gasteiger partial charge in [-0.25, -0.2) is 0 Å². The quantitative estimate of drug-likeness (QED) is 0.782. The fourth-order valence-electron chi connectivity index (χ4n) is 2.80. The molecule has 0 amide bonds. The molecule has 0 atom stereocenters. The van der Waals surface area contributed by atoms with Crippen LogP contribution in [0.1, 0.15) is 31.7 Å².